The van der Waals surface area contributed by atoms with Gasteiger partial charge in [-0.05, 0) is 33.9 Å². The van der Waals surface area contributed by atoms with Crippen LogP contribution in [0.25, 0.3) is 17.2 Å². The maximum absolute atomic E-state index is 12.2. The lowest BCUT2D eigenvalue weighted by molar-refractivity contribution is 0.0443. The van der Waals surface area contributed by atoms with Gasteiger partial charge in [0.2, 0.25) is 0 Å². The molecule has 6 heteroatoms. The van der Waals surface area contributed by atoms with E-state index in [4.69, 9.17) is 4.74 Å². The van der Waals surface area contributed by atoms with Crippen LogP contribution in [0.3, 0.4) is 0 Å². The van der Waals surface area contributed by atoms with Crippen LogP contribution in [0.1, 0.15) is 43.3 Å². The Morgan fingerprint density at radius 2 is 1.53 bits per heavy atom. The summed E-state index contributed by atoms with van der Waals surface area (Å²) in [6.45, 7) is 0.451. The summed E-state index contributed by atoms with van der Waals surface area (Å²) >= 11 is 0. The second-order valence-corrected chi connectivity index (χ2v) is 7.56. The molecule has 0 saturated carbocycles. The molecular formula is C26H19NO5. The van der Waals surface area contributed by atoms with Crippen molar-refractivity contribution in [2.45, 2.75) is 5.92 Å². The van der Waals surface area contributed by atoms with Crippen molar-refractivity contribution >= 4 is 24.1 Å². The molecule has 0 bridgehead atoms. The molecule has 3 aromatic carbocycles. The normalized spacial score (nSPS) is 14.1. The van der Waals surface area contributed by atoms with Crippen LogP contribution in [0.2, 0.25) is 0 Å². The van der Waals surface area contributed by atoms with Gasteiger partial charge in [-0.2, -0.15) is 0 Å². The van der Waals surface area contributed by atoms with E-state index in [-0.39, 0.29) is 30.2 Å². The first kappa shape index (κ1) is 19.8. The summed E-state index contributed by atoms with van der Waals surface area (Å²) in [7, 11) is 0. The molecule has 2 aliphatic rings. The molecule has 0 atom stereocenters. The first-order valence-electron chi connectivity index (χ1n) is 10.3. The lowest BCUT2D eigenvalue weighted by atomic mass is 9.98. The SMILES string of the molecule is O=C(NCC=Cc1cccc2c1C(=O)OC2=O)OCC1c2ccccc2-c2ccccc21. The molecule has 1 heterocycles. The zero-order chi connectivity index (χ0) is 22.1. The van der Waals surface area contributed by atoms with E-state index in [0.717, 1.165) is 11.1 Å². The van der Waals surface area contributed by atoms with Crippen LogP contribution >= 0.6 is 0 Å². The van der Waals surface area contributed by atoms with Crippen LogP contribution in [0.4, 0.5) is 4.79 Å². The van der Waals surface area contributed by atoms with E-state index in [0.29, 0.717) is 5.56 Å². The average Bonchev–Trinajstić information content (AvgIpc) is 3.29. The fourth-order valence-corrected chi connectivity index (χ4v) is 4.27. The molecule has 0 fully saturated rings. The minimum atomic E-state index is -0.658. The van der Waals surface area contributed by atoms with Gasteiger partial charge >= 0.3 is 18.0 Å². The number of nitrogens with one attached hydrogen (secondary N) is 1. The van der Waals surface area contributed by atoms with E-state index < -0.39 is 18.0 Å². The molecule has 0 spiro atoms. The van der Waals surface area contributed by atoms with Crippen molar-refractivity contribution in [1.29, 1.82) is 0 Å². The number of carbonyl (C=O) groups is 3. The minimum Gasteiger partial charge on any atom is -0.449 e. The number of hydrogen-bond acceptors (Lipinski definition) is 5. The Kier molecular flexibility index (Phi) is 5.03. The molecule has 3 aromatic rings. The highest BCUT2D eigenvalue weighted by molar-refractivity contribution is 6.16. The van der Waals surface area contributed by atoms with Gasteiger partial charge in [0.1, 0.15) is 6.61 Å². The quantitative estimate of drug-likeness (QED) is 0.479. The highest BCUT2D eigenvalue weighted by Crippen LogP contribution is 2.44. The number of fused-ring (bicyclic) bond motifs is 4. The van der Waals surface area contributed by atoms with Gasteiger partial charge in [-0.3, -0.25) is 0 Å². The third-order valence-electron chi connectivity index (χ3n) is 5.71. The molecule has 6 nitrogen and oxygen atoms in total. The maximum Gasteiger partial charge on any atom is 0.407 e. The molecule has 1 amide bonds. The monoisotopic (exact) mass is 425 g/mol. The lowest BCUT2D eigenvalue weighted by Gasteiger charge is -2.14. The Bertz CT molecular complexity index is 1230. The van der Waals surface area contributed by atoms with E-state index >= 15 is 0 Å². The first-order chi connectivity index (χ1) is 15.6. The van der Waals surface area contributed by atoms with Gasteiger partial charge in [-0.1, -0.05) is 72.8 Å². The van der Waals surface area contributed by atoms with Crippen LogP contribution in [-0.2, 0) is 9.47 Å². The van der Waals surface area contributed by atoms with Crippen molar-refractivity contribution in [1.82, 2.24) is 5.32 Å². The van der Waals surface area contributed by atoms with E-state index in [1.54, 1.807) is 30.4 Å². The Hall–Kier alpha value is -4.19. The number of rotatable bonds is 5. The molecule has 1 aliphatic carbocycles. The van der Waals surface area contributed by atoms with Crippen LogP contribution in [0, 0.1) is 0 Å². The van der Waals surface area contributed by atoms with Crippen molar-refractivity contribution in [3.63, 3.8) is 0 Å². The third-order valence-corrected chi connectivity index (χ3v) is 5.71. The lowest BCUT2D eigenvalue weighted by Crippen LogP contribution is -2.26. The molecule has 0 saturated heterocycles. The summed E-state index contributed by atoms with van der Waals surface area (Å²) in [5.74, 6) is -1.30. The summed E-state index contributed by atoms with van der Waals surface area (Å²) in [5, 5.41) is 2.68. The number of alkyl carbamates (subject to hydrolysis) is 1. The number of esters is 2. The smallest absolute Gasteiger partial charge is 0.407 e. The minimum absolute atomic E-state index is 0.000789. The Balaban J connectivity index is 1.20. The predicted molar refractivity (Wildman–Crippen MR) is 118 cm³/mol. The highest BCUT2D eigenvalue weighted by atomic mass is 16.6. The number of ether oxygens (including phenoxy) is 2. The maximum atomic E-state index is 12.2. The molecule has 5 rings (SSSR count). The summed E-state index contributed by atoms with van der Waals surface area (Å²) < 4.78 is 10.1. The average molecular weight is 425 g/mol. The molecular weight excluding hydrogens is 406 g/mol. The molecule has 1 aliphatic heterocycles. The fraction of sp³-hybridized carbons (Fsp3) is 0.115. The van der Waals surface area contributed by atoms with Crippen LogP contribution in [0.15, 0.2) is 72.8 Å². The number of cyclic esters (lactones) is 2. The molecule has 0 radical (unpaired) electrons. The fourth-order valence-electron chi connectivity index (χ4n) is 4.27. The van der Waals surface area contributed by atoms with Crippen LogP contribution < -0.4 is 5.32 Å². The number of carbonyl (C=O) groups excluding carboxylic acids is 3. The van der Waals surface area contributed by atoms with Crippen molar-refractivity contribution in [3.05, 3.63) is 101 Å². The van der Waals surface area contributed by atoms with E-state index in [2.05, 4.69) is 34.3 Å². The number of benzene rings is 3. The summed E-state index contributed by atoms with van der Waals surface area (Å²) in [4.78, 5) is 35.7. The van der Waals surface area contributed by atoms with Crippen molar-refractivity contribution < 1.29 is 23.9 Å². The molecule has 0 aromatic heterocycles. The second-order valence-electron chi connectivity index (χ2n) is 7.56. The van der Waals surface area contributed by atoms with Gasteiger partial charge in [-0.15, -0.1) is 0 Å². The Labute approximate surface area is 184 Å². The molecule has 1 N–H and O–H groups in total. The van der Waals surface area contributed by atoms with Gasteiger partial charge in [0, 0.05) is 12.5 Å². The Morgan fingerprint density at radius 1 is 0.875 bits per heavy atom. The molecule has 32 heavy (non-hydrogen) atoms. The number of hydrogen-bond donors (Lipinski definition) is 1. The van der Waals surface area contributed by atoms with Crippen LogP contribution in [-0.4, -0.2) is 31.2 Å². The molecule has 0 unspecified atom stereocenters. The largest absolute Gasteiger partial charge is 0.449 e. The highest BCUT2D eigenvalue weighted by Gasteiger charge is 2.31. The first-order valence-corrected chi connectivity index (χ1v) is 10.3. The predicted octanol–water partition coefficient (Wildman–Crippen LogP) is 4.55. The van der Waals surface area contributed by atoms with Gasteiger partial charge in [0.15, 0.2) is 0 Å². The van der Waals surface area contributed by atoms with Gasteiger partial charge in [-0.25, -0.2) is 14.4 Å². The van der Waals surface area contributed by atoms with E-state index in [1.807, 2.05) is 24.3 Å². The van der Waals surface area contributed by atoms with Gasteiger partial charge in [0.25, 0.3) is 0 Å². The number of amides is 1. The van der Waals surface area contributed by atoms with E-state index in [1.165, 1.54) is 11.1 Å². The van der Waals surface area contributed by atoms with E-state index in [9.17, 15) is 14.4 Å². The van der Waals surface area contributed by atoms with Gasteiger partial charge in [0.05, 0.1) is 11.1 Å². The zero-order valence-corrected chi connectivity index (χ0v) is 17.0. The summed E-state index contributed by atoms with van der Waals surface area (Å²) in [6, 6.07) is 21.2. The zero-order valence-electron chi connectivity index (χ0n) is 17.0. The Morgan fingerprint density at radius 3 is 2.25 bits per heavy atom. The van der Waals surface area contributed by atoms with Crippen molar-refractivity contribution in [2.75, 3.05) is 13.2 Å². The molecule has 158 valence electrons. The summed E-state index contributed by atoms with van der Waals surface area (Å²) in [6.07, 6.45) is 2.83. The standard InChI is InChI=1S/C26H19NO5/c28-24-21-13-5-7-16(23(21)25(29)32-24)8-6-14-27-26(30)31-15-22-19-11-3-1-9-17(19)18-10-2-4-12-20(18)22/h1-13,22H,14-15H2,(H,27,30). The second kappa shape index (κ2) is 8.15. The third kappa shape index (κ3) is 3.46. The van der Waals surface area contributed by atoms with Crippen molar-refractivity contribution in [2.24, 2.45) is 0 Å². The van der Waals surface area contributed by atoms with Gasteiger partial charge < -0.3 is 14.8 Å². The topological polar surface area (TPSA) is 81.7 Å². The summed E-state index contributed by atoms with van der Waals surface area (Å²) in [5.41, 5.74) is 5.71. The van der Waals surface area contributed by atoms with Crippen molar-refractivity contribution in [3.8, 4) is 11.1 Å². The van der Waals surface area contributed by atoms with Crippen LogP contribution in [0.5, 0.6) is 0 Å².